The number of aryl methyl sites for hydroxylation is 1. The molecular formula is C27H36N6O5S. The standard InChI is InChI=1S/C27H36N6O5S/c1-16-10-11-17(12-22(16)33-15-21(30-32-33)25(35)29-27(5,6)7)24(34)28-19-13-18(26(2,3)4)14-20(23(19)38-8)31-39(9,36)37/h10-15,31H,1-9H3,(H,28,34)(H,29,35). The molecular weight excluding hydrogens is 520 g/mol. The number of amides is 2. The predicted molar refractivity (Wildman–Crippen MR) is 151 cm³/mol. The molecule has 0 aliphatic rings. The Kier molecular flexibility index (Phi) is 8.11. The van der Waals surface area contributed by atoms with Crippen molar-refractivity contribution in [2.24, 2.45) is 0 Å². The molecule has 0 radical (unpaired) electrons. The second-order valence-electron chi connectivity index (χ2n) is 11.4. The molecule has 0 atom stereocenters. The van der Waals surface area contributed by atoms with Gasteiger partial charge in [0.1, 0.15) is 0 Å². The van der Waals surface area contributed by atoms with Gasteiger partial charge < -0.3 is 15.4 Å². The summed E-state index contributed by atoms with van der Waals surface area (Å²) in [7, 11) is -2.21. The Hall–Kier alpha value is -3.93. The van der Waals surface area contributed by atoms with Crippen LogP contribution in [-0.2, 0) is 15.4 Å². The number of aromatic nitrogens is 3. The molecule has 0 fully saturated rings. The van der Waals surface area contributed by atoms with Crippen molar-refractivity contribution in [2.45, 2.75) is 59.4 Å². The second kappa shape index (κ2) is 10.7. The number of methoxy groups -OCH3 is 1. The van der Waals surface area contributed by atoms with Crippen molar-refractivity contribution in [2.75, 3.05) is 23.4 Å². The van der Waals surface area contributed by atoms with E-state index in [1.807, 2.05) is 48.5 Å². The number of carbonyl (C=O) groups is 2. The van der Waals surface area contributed by atoms with Crippen molar-refractivity contribution in [3.05, 3.63) is 58.9 Å². The van der Waals surface area contributed by atoms with Crippen LogP contribution in [0.25, 0.3) is 5.69 Å². The first-order valence-electron chi connectivity index (χ1n) is 12.3. The van der Waals surface area contributed by atoms with E-state index >= 15 is 0 Å². The molecule has 0 spiro atoms. The quantitative estimate of drug-likeness (QED) is 0.398. The molecule has 3 N–H and O–H groups in total. The van der Waals surface area contributed by atoms with E-state index in [9.17, 15) is 18.0 Å². The third-order valence-electron chi connectivity index (χ3n) is 5.64. The Morgan fingerprint density at radius 1 is 0.974 bits per heavy atom. The molecule has 2 amide bonds. The van der Waals surface area contributed by atoms with E-state index in [-0.39, 0.29) is 28.5 Å². The Labute approximate surface area is 229 Å². The van der Waals surface area contributed by atoms with Crippen LogP contribution in [0.3, 0.4) is 0 Å². The molecule has 210 valence electrons. The average Bonchev–Trinajstić information content (AvgIpc) is 3.26. The second-order valence-corrected chi connectivity index (χ2v) is 13.2. The van der Waals surface area contributed by atoms with Crippen molar-refractivity contribution < 1.29 is 22.7 Å². The lowest BCUT2D eigenvalue weighted by Crippen LogP contribution is -2.40. The Bertz CT molecular complexity index is 1510. The Morgan fingerprint density at radius 3 is 2.18 bits per heavy atom. The topological polar surface area (TPSA) is 144 Å². The normalized spacial score (nSPS) is 12.1. The number of carbonyl (C=O) groups excluding carboxylic acids is 2. The number of nitrogens with one attached hydrogen (secondary N) is 3. The molecule has 0 unspecified atom stereocenters. The molecule has 39 heavy (non-hydrogen) atoms. The van der Waals surface area contributed by atoms with E-state index < -0.39 is 21.5 Å². The van der Waals surface area contributed by atoms with Gasteiger partial charge in [-0.25, -0.2) is 13.1 Å². The largest absolute Gasteiger partial charge is 0.492 e. The molecule has 12 heteroatoms. The third-order valence-corrected chi connectivity index (χ3v) is 6.23. The minimum absolute atomic E-state index is 0.147. The van der Waals surface area contributed by atoms with E-state index in [1.165, 1.54) is 18.0 Å². The predicted octanol–water partition coefficient (Wildman–Crippen LogP) is 4.03. The molecule has 2 aromatic carbocycles. The van der Waals surface area contributed by atoms with Gasteiger partial charge in [-0.3, -0.25) is 14.3 Å². The van der Waals surface area contributed by atoms with E-state index in [0.29, 0.717) is 16.9 Å². The lowest BCUT2D eigenvalue weighted by atomic mass is 9.86. The van der Waals surface area contributed by atoms with Crippen LogP contribution < -0.4 is 20.1 Å². The van der Waals surface area contributed by atoms with Gasteiger partial charge in [0, 0.05) is 11.1 Å². The summed E-state index contributed by atoms with van der Waals surface area (Å²) < 4.78 is 33.4. The maximum Gasteiger partial charge on any atom is 0.273 e. The van der Waals surface area contributed by atoms with Crippen LogP contribution in [0, 0.1) is 6.92 Å². The van der Waals surface area contributed by atoms with Gasteiger partial charge in [0.15, 0.2) is 11.4 Å². The van der Waals surface area contributed by atoms with Crippen molar-refractivity contribution in [3.63, 3.8) is 0 Å². The maximum absolute atomic E-state index is 13.4. The van der Waals surface area contributed by atoms with Crippen LogP contribution in [0.15, 0.2) is 36.5 Å². The fourth-order valence-corrected chi connectivity index (χ4v) is 4.28. The average molecular weight is 557 g/mol. The van der Waals surface area contributed by atoms with Gasteiger partial charge in [0.2, 0.25) is 10.0 Å². The summed E-state index contributed by atoms with van der Waals surface area (Å²) in [5.74, 6) is -0.624. The van der Waals surface area contributed by atoms with Gasteiger partial charge in [0.05, 0.1) is 36.6 Å². The fraction of sp³-hybridized carbons (Fsp3) is 0.407. The SMILES string of the molecule is COc1c(NC(=O)c2ccc(C)c(-n3cc(C(=O)NC(C)(C)C)nn3)c2)cc(C(C)(C)C)cc1NS(C)(=O)=O. The van der Waals surface area contributed by atoms with E-state index in [0.717, 1.165) is 17.4 Å². The molecule has 0 saturated carbocycles. The third kappa shape index (κ3) is 7.56. The van der Waals surface area contributed by atoms with Gasteiger partial charge in [-0.1, -0.05) is 32.1 Å². The number of anilines is 2. The van der Waals surface area contributed by atoms with Crippen molar-refractivity contribution >= 4 is 33.2 Å². The zero-order valence-corrected chi connectivity index (χ0v) is 24.6. The molecule has 0 saturated heterocycles. The van der Waals surface area contributed by atoms with Crippen LogP contribution in [0.2, 0.25) is 0 Å². The zero-order valence-electron chi connectivity index (χ0n) is 23.8. The number of nitrogens with zero attached hydrogens (tertiary/aromatic N) is 3. The number of hydrogen-bond acceptors (Lipinski definition) is 7. The Morgan fingerprint density at radius 2 is 1.62 bits per heavy atom. The molecule has 1 heterocycles. The van der Waals surface area contributed by atoms with Crippen molar-refractivity contribution in [3.8, 4) is 11.4 Å². The number of rotatable bonds is 7. The molecule has 0 aliphatic carbocycles. The van der Waals surface area contributed by atoms with Gasteiger partial charge >= 0.3 is 0 Å². The minimum Gasteiger partial charge on any atom is -0.492 e. The zero-order chi connectivity index (χ0) is 29.3. The molecule has 11 nitrogen and oxygen atoms in total. The highest BCUT2D eigenvalue weighted by atomic mass is 32.2. The first kappa shape index (κ1) is 29.6. The van der Waals surface area contributed by atoms with E-state index in [4.69, 9.17) is 4.74 Å². The highest BCUT2D eigenvalue weighted by Gasteiger charge is 2.23. The van der Waals surface area contributed by atoms with Gasteiger partial charge in [-0.15, -0.1) is 5.10 Å². The lowest BCUT2D eigenvalue weighted by Gasteiger charge is -2.24. The smallest absolute Gasteiger partial charge is 0.273 e. The summed E-state index contributed by atoms with van der Waals surface area (Å²) in [4.78, 5) is 25.9. The molecule has 1 aromatic heterocycles. The first-order chi connectivity index (χ1) is 17.9. The van der Waals surface area contributed by atoms with Gasteiger partial charge in [0.25, 0.3) is 11.8 Å². The van der Waals surface area contributed by atoms with Crippen LogP contribution in [-0.4, -0.2) is 54.1 Å². The summed E-state index contributed by atoms with van der Waals surface area (Å²) in [6.07, 6.45) is 2.55. The fourth-order valence-electron chi connectivity index (χ4n) is 3.73. The van der Waals surface area contributed by atoms with Gasteiger partial charge in [-0.05, 0) is 68.5 Å². The minimum atomic E-state index is -3.61. The highest BCUT2D eigenvalue weighted by Crippen LogP contribution is 2.39. The summed E-state index contributed by atoms with van der Waals surface area (Å²) >= 11 is 0. The van der Waals surface area contributed by atoms with E-state index in [1.54, 1.807) is 30.3 Å². The monoisotopic (exact) mass is 556 g/mol. The van der Waals surface area contributed by atoms with Gasteiger partial charge in [-0.2, -0.15) is 0 Å². The molecule has 0 aliphatic heterocycles. The van der Waals surface area contributed by atoms with Crippen LogP contribution in [0.5, 0.6) is 5.75 Å². The molecule has 3 rings (SSSR count). The van der Waals surface area contributed by atoms with Crippen molar-refractivity contribution in [1.29, 1.82) is 0 Å². The summed E-state index contributed by atoms with van der Waals surface area (Å²) in [6, 6.07) is 8.52. The van der Waals surface area contributed by atoms with Crippen LogP contribution in [0.4, 0.5) is 11.4 Å². The Balaban J connectivity index is 1.99. The molecule has 3 aromatic rings. The summed E-state index contributed by atoms with van der Waals surface area (Å²) in [5, 5.41) is 13.8. The summed E-state index contributed by atoms with van der Waals surface area (Å²) in [6.45, 7) is 13.4. The first-order valence-corrected chi connectivity index (χ1v) is 14.1. The van der Waals surface area contributed by atoms with Crippen LogP contribution in [0.1, 0.15) is 73.5 Å². The van der Waals surface area contributed by atoms with Crippen molar-refractivity contribution in [1.82, 2.24) is 20.3 Å². The number of sulfonamides is 1. The maximum atomic E-state index is 13.4. The van der Waals surface area contributed by atoms with Crippen LogP contribution >= 0.6 is 0 Å². The number of benzene rings is 2. The highest BCUT2D eigenvalue weighted by molar-refractivity contribution is 7.92. The number of ether oxygens (including phenoxy) is 1. The number of hydrogen-bond donors (Lipinski definition) is 3. The summed E-state index contributed by atoms with van der Waals surface area (Å²) in [5.41, 5.74) is 2.38. The lowest BCUT2D eigenvalue weighted by molar-refractivity contribution is 0.0913. The van der Waals surface area contributed by atoms with E-state index in [2.05, 4.69) is 25.7 Å². The molecule has 0 bridgehead atoms.